The number of likely N-dealkylation sites (tertiary alicyclic amines) is 1. The average Bonchev–Trinajstić information content (AvgIpc) is 2.93. The number of nitrogens with two attached hydrogens (primary N) is 1. The number of primary amides is 1. The second-order valence-electron chi connectivity index (χ2n) is 5.72. The van der Waals surface area contributed by atoms with Gasteiger partial charge in [0.15, 0.2) is 0 Å². The molecule has 4 atom stereocenters. The largest absolute Gasteiger partial charge is 0.481 e. The van der Waals surface area contributed by atoms with Crippen molar-refractivity contribution in [1.82, 2.24) is 4.90 Å². The second kappa shape index (κ2) is 5.19. The third-order valence-corrected chi connectivity index (χ3v) is 4.30. The van der Waals surface area contributed by atoms with Crippen molar-refractivity contribution in [2.45, 2.75) is 38.6 Å². The summed E-state index contributed by atoms with van der Waals surface area (Å²) < 4.78 is 0. The molecule has 0 aromatic heterocycles. The Kier molecular flexibility index (Phi) is 3.78. The van der Waals surface area contributed by atoms with Gasteiger partial charge >= 0.3 is 5.97 Å². The van der Waals surface area contributed by atoms with Gasteiger partial charge in [-0.3, -0.25) is 14.4 Å². The smallest absolute Gasteiger partial charge is 0.307 e. The number of amides is 2. The lowest BCUT2D eigenvalue weighted by Crippen LogP contribution is -2.47. The summed E-state index contributed by atoms with van der Waals surface area (Å²) in [5, 5.41) is 9.21. The van der Waals surface area contributed by atoms with E-state index in [1.165, 1.54) is 4.90 Å². The maximum absolute atomic E-state index is 12.5. The van der Waals surface area contributed by atoms with Crippen LogP contribution in [-0.2, 0) is 14.4 Å². The van der Waals surface area contributed by atoms with E-state index >= 15 is 0 Å². The van der Waals surface area contributed by atoms with Gasteiger partial charge in [0.05, 0.1) is 11.8 Å². The Hall–Kier alpha value is -1.59. The monoisotopic (exact) mass is 268 g/mol. The van der Waals surface area contributed by atoms with Crippen LogP contribution in [0.3, 0.4) is 0 Å². The van der Waals surface area contributed by atoms with Crippen LogP contribution >= 0.6 is 0 Å². The summed E-state index contributed by atoms with van der Waals surface area (Å²) >= 11 is 0. The summed E-state index contributed by atoms with van der Waals surface area (Å²) in [6, 6.07) is -0.558. The predicted molar refractivity (Wildman–Crippen MR) is 66.9 cm³/mol. The summed E-state index contributed by atoms with van der Waals surface area (Å²) in [5.41, 5.74) is 5.30. The average molecular weight is 268 g/mol. The van der Waals surface area contributed by atoms with Crippen molar-refractivity contribution in [2.75, 3.05) is 6.54 Å². The summed E-state index contributed by atoms with van der Waals surface area (Å²) in [4.78, 5) is 36.5. The minimum atomic E-state index is -0.919. The van der Waals surface area contributed by atoms with Gasteiger partial charge in [0.2, 0.25) is 11.8 Å². The molecular formula is C13H20N2O4. The van der Waals surface area contributed by atoms with E-state index in [1.54, 1.807) is 0 Å². The number of carbonyl (C=O) groups is 3. The van der Waals surface area contributed by atoms with Gasteiger partial charge in [0.1, 0.15) is 6.04 Å². The SMILES string of the molecule is CC1C[C@H](C(=O)N2CCCC2C(N)=O)[C@H](C(=O)O)C1. The number of carbonyl (C=O) groups excluding carboxylic acids is 2. The number of aliphatic carboxylic acids is 1. The van der Waals surface area contributed by atoms with Gasteiger partial charge < -0.3 is 15.7 Å². The van der Waals surface area contributed by atoms with Crippen molar-refractivity contribution in [2.24, 2.45) is 23.5 Å². The van der Waals surface area contributed by atoms with Crippen LogP contribution in [0, 0.1) is 17.8 Å². The highest BCUT2D eigenvalue weighted by Crippen LogP contribution is 2.38. The molecule has 2 unspecified atom stereocenters. The van der Waals surface area contributed by atoms with Gasteiger partial charge in [-0.15, -0.1) is 0 Å². The lowest BCUT2D eigenvalue weighted by atomic mass is 9.94. The van der Waals surface area contributed by atoms with Gasteiger partial charge in [-0.1, -0.05) is 6.92 Å². The highest BCUT2D eigenvalue weighted by molar-refractivity contribution is 5.90. The zero-order chi connectivity index (χ0) is 14.2. The summed E-state index contributed by atoms with van der Waals surface area (Å²) in [6.07, 6.45) is 2.44. The minimum absolute atomic E-state index is 0.210. The molecule has 1 saturated carbocycles. The van der Waals surface area contributed by atoms with Gasteiger partial charge in [-0.05, 0) is 31.6 Å². The number of carboxylic acid groups (broad SMARTS) is 1. The third-order valence-electron chi connectivity index (χ3n) is 4.30. The molecule has 2 fully saturated rings. The van der Waals surface area contributed by atoms with Crippen molar-refractivity contribution in [3.63, 3.8) is 0 Å². The van der Waals surface area contributed by atoms with Crippen LogP contribution in [0.4, 0.5) is 0 Å². The molecular weight excluding hydrogens is 248 g/mol. The maximum Gasteiger partial charge on any atom is 0.307 e. The fourth-order valence-corrected chi connectivity index (χ4v) is 3.38. The van der Waals surface area contributed by atoms with Crippen LogP contribution in [0.5, 0.6) is 0 Å². The number of nitrogens with zero attached hydrogens (tertiary/aromatic N) is 1. The van der Waals surface area contributed by atoms with Crippen molar-refractivity contribution in [3.8, 4) is 0 Å². The molecule has 0 bridgehead atoms. The van der Waals surface area contributed by atoms with Crippen molar-refractivity contribution >= 4 is 17.8 Å². The van der Waals surface area contributed by atoms with E-state index in [2.05, 4.69) is 0 Å². The Labute approximate surface area is 111 Å². The Bertz CT molecular complexity index is 409. The molecule has 2 amide bonds. The molecule has 6 heteroatoms. The molecule has 1 heterocycles. The number of hydrogen-bond donors (Lipinski definition) is 2. The molecule has 1 saturated heterocycles. The van der Waals surface area contributed by atoms with Crippen molar-refractivity contribution < 1.29 is 19.5 Å². The first-order chi connectivity index (χ1) is 8.91. The van der Waals surface area contributed by atoms with Crippen LogP contribution in [-0.4, -0.2) is 40.4 Å². The molecule has 0 radical (unpaired) electrons. The lowest BCUT2D eigenvalue weighted by molar-refractivity contribution is -0.150. The van der Waals surface area contributed by atoms with Gasteiger partial charge in [0, 0.05) is 6.54 Å². The molecule has 2 rings (SSSR count). The maximum atomic E-state index is 12.5. The molecule has 106 valence electrons. The molecule has 0 aromatic rings. The second-order valence-corrected chi connectivity index (χ2v) is 5.72. The summed E-state index contributed by atoms with van der Waals surface area (Å²) in [5.74, 6) is -2.53. The normalized spacial score (nSPS) is 34.5. The first-order valence-electron chi connectivity index (χ1n) is 6.74. The molecule has 1 aliphatic carbocycles. The van der Waals surface area contributed by atoms with Gasteiger partial charge in [-0.2, -0.15) is 0 Å². The van der Waals surface area contributed by atoms with Gasteiger partial charge in [-0.25, -0.2) is 0 Å². The zero-order valence-electron chi connectivity index (χ0n) is 11.0. The van der Waals surface area contributed by atoms with E-state index in [4.69, 9.17) is 5.73 Å². The Morgan fingerprint density at radius 1 is 1.21 bits per heavy atom. The number of hydrogen-bond acceptors (Lipinski definition) is 3. The molecule has 6 nitrogen and oxygen atoms in total. The summed E-state index contributed by atoms with van der Waals surface area (Å²) in [7, 11) is 0. The van der Waals surface area contributed by atoms with E-state index in [0.29, 0.717) is 25.8 Å². The lowest BCUT2D eigenvalue weighted by Gasteiger charge is -2.27. The van der Waals surface area contributed by atoms with Crippen molar-refractivity contribution in [3.05, 3.63) is 0 Å². The zero-order valence-corrected chi connectivity index (χ0v) is 11.0. The fraction of sp³-hybridized carbons (Fsp3) is 0.769. The molecule has 1 aliphatic heterocycles. The van der Waals surface area contributed by atoms with Crippen molar-refractivity contribution in [1.29, 1.82) is 0 Å². The highest BCUT2D eigenvalue weighted by Gasteiger charge is 2.45. The molecule has 0 aromatic carbocycles. The standard InChI is InChI=1S/C13H20N2O4/c1-7-5-8(9(6-7)13(18)19)12(17)15-4-2-3-10(15)11(14)16/h7-10H,2-6H2,1H3,(H2,14,16)(H,18,19)/t7?,8-,9+,10?/m0/s1. The minimum Gasteiger partial charge on any atom is -0.481 e. The van der Waals surface area contributed by atoms with E-state index in [1.807, 2.05) is 6.92 Å². The third kappa shape index (κ3) is 2.57. The Balaban J connectivity index is 2.14. The quantitative estimate of drug-likeness (QED) is 0.764. The number of rotatable bonds is 3. The first-order valence-corrected chi connectivity index (χ1v) is 6.74. The van der Waals surface area contributed by atoms with E-state index in [9.17, 15) is 19.5 Å². The number of carboxylic acids is 1. The van der Waals surface area contributed by atoms with Crippen LogP contribution < -0.4 is 5.73 Å². The van der Waals surface area contributed by atoms with E-state index in [0.717, 1.165) is 6.42 Å². The Morgan fingerprint density at radius 2 is 1.84 bits per heavy atom. The molecule has 0 spiro atoms. The van der Waals surface area contributed by atoms with Crippen LogP contribution in [0.25, 0.3) is 0 Å². The van der Waals surface area contributed by atoms with Gasteiger partial charge in [0.25, 0.3) is 0 Å². The molecule has 2 aliphatic rings. The Morgan fingerprint density at radius 3 is 2.42 bits per heavy atom. The predicted octanol–water partition coefficient (Wildman–Crippen LogP) is 0.210. The van der Waals surface area contributed by atoms with Crippen LogP contribution in [0.1, 0.15) is 32.6 Å². The first kappa shape index (κ1) is 13.8. The molecule has 3 N–H and O–H groups in total. The summed E-state index contributed by atoms with van der Waals surface area (Å²) in [6.45, 7) is 2.46. The fourth-order valence-electron chi connectivity index (χ4n) is 3.38. The van der Waals surface area contributed by atoms with E-state index in [-0.39, 0.29) is 11.8 Å². The van der Waals surface area contributed by atoms with Crippen LogP contribution in [0.15, 0.2) is 0 Å². The molecule has 19 heavy (non-hydrogen) atoms. The van der Waals surface area contributed by atoms with Crippen LogP contribution in [0.2, 0.25) is 0 Å². The highest BCUT2D eigenvalue weighted by atomic mass is 16.4. The van der Waals surface area contributed by atoms with E-state index < -0.39 is 29.8 Å². The topological polar surface area (TPSA) is 101 Å².